The molecule has 1 aliphatic heterocycles. The highest BCUT2D eigenvalue weighted by Crippen LogP contribution is 2.30. The van der Waals surface area contributed by atoms with E-state index < -0.39 is 0 Å². The van der Waals surface area contributed by atoms with Gasteiger partial charge in [-0.3, -0.25) is 9.79 Å². The van der Waals surface area contributed by atoms with E-state index in [4.69, 9.17) is 32.7 Å². The average molecular weight is 433 g/mol. The molecule has 0 unspecified atom stereocenters. The summed E-state index contributed by atoms with van der Waals surface area (Å²) in [5.41, 5.74) is 3.65. The lowest BCUT2D eigenvalue weighted by Crippen LogP contribution is -2.23. The lowest BCUT2D eigenvalue weighted by Gasteiger charge is -2.12. The molecule has 0 saturated carbocycles. The molecule has 1 heterocycles. The topological polar surface area (TPSA) is 59.9 Å². The van der Waals surface area contributed by atoms with Gasteiger partial charge in [0.15, 0.2) is 0 Å². The Balaban J connectivity index is 1.61. The molecule has 1 amide bonds. The number of ether oxygens (including phenoxy) is 2. The summed E-state index contributed by atoms with van der Waals surface area (Å²) in [6.07, 6.45) is 4.82. The zero-order valence-corrected chi connectivity index (χ0v) is 17.6. The second-order valence-corrected chi connectivity index (χ2v) is 7.29. The van der Waals surface area contributed by atoms with Crippen LogP contribution in [0.4, 0.5) is 0 Å². The van der Waals surface area contributed by atoms with Crippen LogP contribution in [0.15, 0.2) is 47.5 Å². The van der Waals surface area contributed by atoms with Crippen LogP contribution in [0.5, 0.6) is 5.75 Å². The highest BCUT2D eigenvalue weighted by Gasteiger charge is 2.16. The first-order chi connectivity index (χ1) is 14.1. The van der Waals surface area contributed by atoms with Crippen molar-refractivity contribution in [2.45, 2.75) is 13.0 Å². The number of aliphatic imine (C=N–C) groups is 1. The van der Waals surface area contributed by atoms with Gasteiger partial charge in [-0.1, -0.05) is 47.5 Å². The maximum Gasteiger partial charge on any atom is 0.254 e. The number of nitrogens with zero attached hydrogens (tertiary/aromatic N) is 1. The van der Waals surface area contributed by atoms with Crippen molar-refractivity contribution in [3.8, 4) is 5.75 Å². The number of dihydropyridines is 1. The Morgan fingerprint density at radius 1 is 1.14 bits per heavy atom. The minimum absolute atomic E-state index is 0.232. The molecule has 0 aliphatic carbocycles. The largest absolute Gasteiger partial charge is 0.491 e. The number of carbonyl (C=O) groups excluding carboxylic acids is 1. The minimum atomic E-state index is -0.335. The van der Waals surface area contributed by atoms with Crippen molar-refractivity contribution in [2.24, 2.45) is 4.99 Å². The minimum Gasteiger partial charge on any atom is -0.491 e. The fourth-order valence-electron chi connectivity index (χ4n) is 2.93. The predicted molar refractivity (Wildman–Crippen MR) is 117 cm³/mol. The quantitative estimate of drug-likeness (QED) is 0.608. The van der Waals surface area contributed by atoms with E-state index in [0.717, 1.165) is 18.5 Å². The Hall–Kier alpha value is -2.34. The van der Waals surface area contributed by atoms with Crippen molar-refractivity contribution in [3.05, 3.63) is 69.2 Å². The highest BCUT2D eigenvalue weighted by molar-refractivity contribution is 6.39. The highest BCUT2D eigenvalue weighted by atomic mass is 35.5. The summed E-state index contributed by atoms with van der Waals surface area (Å²) in [6.45, 7) is 2.01. The number of hydrogen-bond acceptors (Lipinski definition) is 4. The summed E-state index contributed by atoms with van der Waals surface area (Å²) in [5.74, 6) is 0.157. The van der Waals surface area contributed by atoms with E-state index in [2.05, 4.69) is 22.4 Å². The lowest BCUT2D eigenvalue weighted by atomic mass is 10.00. The van der Waals surface area contributed by atoms with Gasteiger partial charge in [-0.05, 0) is 41.3 Å². The number of nitrogens with one attached hydrogen (secondary N) is 1. The van der Waals surface area contributed by atoms with Crippen LogP contribution in [0.1, 0.15) is 27.9 Å². The van der Waals surface area contributed by atoms with E-state index in [9.17, 15) is 4.79 Å². The normalized spacial score (nSPS) is 13.1. The van der Waals surface area contributed by atoms with Crippen LogP contribution in [0, 0.1) is 0 Å². The summed E-state index contributed by atoms with van der Waals surface area (Å²) >= 11 is 12.5. The first kappa shape index (κ1) is 21.4. The van der Waals surface area contributed by atoms with E-state index in [1.165, 1.54) is 11.1 Å². The van der Waals surface area contributed by atoms with Crippen LogP contribution < -0.4 is 10.1 Å². The van der Waals surface area contributed by atoms with E-state index in [0.29, 0.717) is 25.5 Å². The SMILES string of the molecule is COCCOc1cc(Cl)c(C(=O)NCc2ccc(C3=CC=NCC3)cc2)c(Cl)c1. The Bertz CT molecular complexity index is 901. The molecule has 7 heteroatoms. The number of methoxy groups -OCH3 is 1. The first-order valence-electron chi connectivity index (χ1n) is 9.25. The lowest BCUT2D eigenvalue weighted by molar-refractivity contribution is 0.0951. The molecule has 29 heavy (non-hydrogen) atoms. The van der Waals surface area contributed by atoms with Gasteiger partial charge in [-0.2, -0.15) is 0 Å². The van der Waals surface area contributed by atoms with Crippen molar-refractivity contribution in [2.75, 3.05) is 26.9 Å². The summed E-state index contributed by atoms with van der Waals surface area (Å²) in [6, 6.07) is 11.3. The van der Waals surface area contributed by atoms with Crippen LogP contribution in [-0.2, 0) is 11.3 Å². The standard InChI is InChI=1S/C22H22Cl2N2O3/c1-28-10-11-29-18-12-19(23)21(20(24)13-18)22(27)26-14-15-2-4-16(5-3-15)17-6-8-25-9-7-17/h2-6,8,12-13H,7,9-11,14H2,1H3,(H,26,27). The molecule has 3 rings (SSSR count). The number of carbonyl (C=O) groups is 1. The van der Waals surface area contributed by atoms with Gasteiger partial charge in [0.1, 0.15) is 12.4 Å². The molecule has 0 saturated heterocycles. The maximum absolute atomic E-state index is 12.6. The molecule has 0 bridgehead atoms. The number of allylic oxidation sites excluding steroid dienone is 1. The molecule has 0 spiro atoms. The van der Waals surface area contributed by atoms with Gasteiger partial charge in [0.2, 0.25) is 0 Å². The Kier molecular flexibility index (Phi) is 7.69. The maximum atomic E-state index is 12.6. The van der Waals surface area contributed by atoms with Crippen molar-refractivity contribution in [1.82, 2.24) is 5.32 Å². The summed E-state index contributed by atoms with van der Waals surface area (Å²) in [7, 11) is 1.59. The van der Waals surface area contributed by atoms with Crippen molar-refractivity contribution in [3.63, 3.8) is 0 Å². The summed E-state index contributed by atoms with van der Waals surface area (Å²) in [5, 5.41) is 3.34. The molecule has 2 aromatic carbocycles. The molecule has 1 N–H and O–H groups in total. The molecule has 1 aliphatic rings. The van der Waals surface area contributed by atoms with Crippen molar-refractivity contribution in [1.29, 1.82) is 0 Å². The van der Waals surface area contributed by atoms with Gasteiger partial charge in [-0.15, -0.1) is 0 Å². The molecule has 0 aromatic heterocycles. The Morgan fingerprint density at radius 2 is 1.86 bits per heavy atom. The first-order valence-corrected chi connectivity index (χ1v) is 10.0. The molecule has 152 valence electrons. The second-order valence-electron chi connectivity index (χ2n) is 6.48. The van der Waals surface area contributed by atoms with Crippen LogP contribution >= 0.6 is 23.2 Å². The molecule has 0 radical (unpaired) electrons. The van der Waals surface area contributed by atoms with Crippen LogP contribution in [0.25, 0.3) is 5.57 Å². The van der Waals surface area contributed by atoms with Gasteiger partial charge in [0, 0.05) is 26.4 Å². The third-order valence-corrected chi connectivity index (χ3v) is 5.06. The fourth-order valence-corrected chi connectivity index (χ4v) is 3.57. The molecule has 5 nitrogen and oxygen atoms in total. The summed E-state index contributed by atoms with van der Waals surface area (Å²) in [4.78, 5) is 16.8. The third kappa shape index (κ3) is 5.82. The molecule has 0 atom stereocenters. The van der Waals surface area contributed by atoms with Gasteiger partial charge in [0.05, 0.1) is 22.2 Å². The van der Waals surface area contributed by atoms with Crippen LogP contribution in [0.2, 0.25) is 10.0 Å². The van der Waals surface area contributed by atoms with Gasteiger partial charge >= 0.3 is 0 Å². The summed E-state index contributed by atoms with van der Waals surface area (Å²) < 4.78 is 10.4. The average Bonchev–Trinajstić information content (AvgIpc) is 2.73. The smallest absolute Gasteiger partial charge is 0.254 e. The Morgan fingerprint density at radius 3 is 2.48 bits per heavy atom. The monoisotopic (exact) mass is 432 g/mol. The molecular weight excluding hydrogens is 411 g/mol. The van der Waals surface area contributed by atoms with Crippen molar-refractivity contribution < 1.29 is 14.3 Å². The predicted octanol–water partition coefficient (Wildman–Crippen LogP) is 4.81. The molecule has 2 aromatic rings. The Labute approximate surface area is 180 Å². The zero-order valence-electron chi connectivity index (χ0n) is 16.1. The van der Waals surface area contributed by atoms with Crippen molar-refractivity contribution >= 4 is 40.9 Å². The zero-order chi connectivity index (χ0) is 20.6. The van der Waals surface area contributed by atoms with E-state index in [-0.39, 0.29) is 21.5 Å². The van der Waals surface area contributed by atoms with Gasteiger partial charge < -0.3 is 14.8 Å². The second kappa shape index (κ2) is 10.4. The number of amides is 1. The van der Waals surface area contributed by atoms with E-state index in [1.54, 1.807) is 19.2 Å². The fraction of sp³-hybridized carbons (Fsp3) is 0.273. The number of hydrogen-bond donors (Lipinski definition) is 1. The number of halogens is 2. The van der Waals surface area contributed by atoms with E-state index in [1.807, 2.05) is 24.4 Å². The van der Waals surface area contributed by atoms with Crippen LogP contribution in [-0.4, -0.2) is 39.0 Å². The number of benzene rings is 2. The third-order valence-electron chi connectivity index (χ3n) is 4.47. The van der Waals surface area contributed by atoms with Gasteiger partial charge in [0.25, 0.3) is 5.91 Å². The number of rotatable bonds is 8. The van der Waals surface area contributed by atoms with Crippen LogP contribution in [0.3, 0.4) is 0 Å². The molecule has 0 fully saturated rings. The van der Waals surface area contributed by atoms with Gasteiger partial charge in [-0.25, -0.2) is 0 Å². The van der Waals surface area contributed by atoms with E-state index >= 15 is 0 Å². The molecular formula is C22H22Cl2N2O3.